The van der Waals surface area contributed by atoms with Gasteiger partial charge in [-0.15, -0.1) is 0 Å². The van der Waals surface area contributed by atoms with Gasteiger partial charge in [0.2, 0.25) is 0 Å². The molecule has 0 bridgehead atoms. The fourth-order valence-electron chi connectivity index (χ4n) is 4.17. The second-order valence-electron chi connectivity index (χ2n) is 8.43. The van der Waals surface area contributed by atoms with Gasteiger partial charge in [0.05, 0.1) is 25.4 Å². The summed E-state index contributed by atoms with van der Waals surface area (Å²) in [6.07, 6.45) is -2.84. The minimum Gasteiger partial charge on any atom is -2.00 e. The predicted molar refractivity (Wildman–Crippen MR) is 160 cm³/mol. The number of ether oxygens (including phenoxy) is 4. The van der Waals surface area contributed by atoms with Crippen molar-refractivity contribution in [1.29, 1.82) is 0 Å². The fraction of sp³-hybridized carbons (Fsp3) is 0.387. The first kappa shape index (κ1) is 44.9. The maximum absolute atomic E-state index is 13.7. The van der Waals surface area contributed by atoms with Crippen molar-refractivity contribution >= 4 is 22.1 Å². The zero-order chi connectivity index (χ0) is 32.2. The van der Waals surface area contributed by atoms with Gasteiger partial charge < -0.3 is 55.1 Å². The van der Waals surface area contributed by atoms with Crippen molar-refractivity contribution in [3.05, 3.63) is 100 Å². The van der Waals surface area contributed by atoms with Crippen molar-refractivity contribution in [2.24, 2.45) is 4.99 Å². The zero-order valence-corrected chi connectivity index (χ0v) is 28.3. The standard InChI is InChI=1S/C27H25BrNO6.3CH4O.CH3O.O.V/c28-20-11-12-21(30)19(13-20)14-29-23-24(31)25-22(16-33-26(35-25)18-9-5-2-6-10-18)34-27(23)32-15-17-7-3-1-4-8-17;4*1-2;;/h1-14,22-27,30H,15-16H2;3*2H,1H3;1H3;;/q-1;;;;-1;-2;/p-1/t22-,23-,24-,25-,26-,27+;;;;;;/m1....../s1. The van der Waals surface area contributed by atoms with Gasteiger partial charge in [0.15, 0.2) is 12.6 Å². The van der Waals surface area contributed by atoms with Gasteiger partial charge in [-0.25, -0.2) is 0 Å². The fourth-order valence-corrected chi connectivity index (χ4v) is 4.55. The number of hydrogen-bond acceptors (Lipinski definition) is 11. The molecule has 3 aromatic carbocycles. The van der Waals surface area contributed by atoms with E-state index in [2.05, 4.69) is 20.9 Å². The van der Waals surface area contributed by atoms with Gasteiger partial charge >= 0.3 is 0 Å². The minimum atomic E-state index is -1.29. The molecule has 0 spiro atoms. The molecule has 0 amide bonds. The van der Waals surface area contributed by atoms with Crippen LogP contribution in [0.2, 0.25) is 0 Å². The molecule has 0 saturated carbocycles. The molecule has 2 fully saturated rings. The van der Waals surface area contributed by atoms with Gasteiger partial charge in [0.25, 0.3) is 0 Å². The third-order valence-electron chi connectivity index (χ3n) is 5.99. The Bertz CT molecular complexity index is 1160. The maximum Gasteiger partial charge on any atom is 0.184 e. The molecule has 45 heavy (non-hydrogen) atoms. The third kappa shape index (κ3) is 13.6. The molecule has 0 unspecified atom stereocenters. The Morgan fingerprint density at radius 1 is 0.911 bits per heavy atom. The van der Waals surface area contributed by atoms with Gasteiger partial charge in [-0.3, -0.25) is 4.99 Å². The molecule has 2 heterocycles. The zero-order valence-electron chi connectivity index (χ0n) is 25.3. The molecule has 3 N–H and O–H groups in total. The molecule has 2 aliphatic heterocycles. The van der Waals surface area contributed by atoms with Crippen LogP contribution in [0.3, 0.4) is 0 Å². The number of hydrogen-bond donors (Lipinski definition) is 3. The second kappa shape index (κ2) is 25.9. The summed E-state index contributed by atoms with van der Waals surface area (Å²) in [7, 11) is 3.75. The second-order valence-corrected chi connectivity index (χ2v) is 9.35. The predicted octanol–water partition coefficient (Wildman–Crippen LogP) is 0.776. The number of benzene rings is 3. The Morgan fingerprint density at radius 2 is 1.49 bits per heavy atom. The Morgan fingerprint density at radius 3 is 2.09 bits per heavy atom. The van der Waals surface area contributed by atoms with Crippen molar-refractivity contribution in [3.8, 4) is 5.75 Å². The van der Waals surface area contributed by atoms with E-state index in [1.165, 1.54) is 12.3 Å². The summed E-state index contributed by atoms with van der Waals surface area (Å²) in [6.45, 7) is 0.445. The van der Waals surface area contributed by atoms with E-state index in [4.69, 9.17) is 39.4 Å². The van der Waals surface area contributed by atoms with Crippen molar-refractivity contribution < 1.29 is 73.6 Å². The molecule has 5 rings (SSSR count). The molecule has 2 aliphatic rings. The SMILES string of the molecule is CO.CO.CO.C[O-].[O-2].[O-]c1ccc(Br)cc1C=N[C@H]1[C@@H](OCc2ccccc2)O[C@@H]2CO[C@@H](c3ccccc3)O[C@H]2[C@@H]1[O-].[V]. The van der Waals surface area contributed by atoms with Crippen LogP contribution in [0.15, 0.2) is 88.3 Å². The largest absolute Gasteiger partial charge is 2.00 e. The molecule has 3 aromatic rings. The van der Waals surface area contributed by atoms with Crippen molar-refractivity contribution in [1.82, 2.24) is 0 Å². The number of nitrogens with zero attached hydrogens (tertiary/aromatic N) is 1. The van der Waals surface area contributed by atoms with Crippen LogP contribution in [0, 0.1) is 0 Å². The summed E-state index contributed by atoms with van der Waals surface area (Å²) in [4.78, 5) is 4.49. The van der Waals surface area contributed by atoms with E-state index in [1.807, 2.05) is 60.7 Å². The first-order chi connectivity index (χ1) is 21.1. The average molecular weight is 732 g/mol. The first-order valence-corrected chi connectivity index (χ1v) is 13.9. The Balaban J connectivity index is 0. The minimum absolute atomic E-state index is 0. The molecular weight excluding hydrogens is 693 g/mol. The van der Waals surface area contributed by atoms with Gasteiger partial charge in [0, 0.05) is 56.1 Å². The maximum atomic E-state index is 13.7. The monoisotopic (exact) mass is 731 g/mol. The Labute approximate surface area is 284 Å². The van der Waals surface area contributed by atoms with Gasteiger partial charge in [0.1, 0.15) is 6.10 Å². The smallest absolute Gasteiger partial charge is 0.184 e. The first-order valence-electron chi connectivity index (χ1n) is 13.1. The van der Waals surface area contributed by atoms with E-state index in [9.17, 15) is 10.2 Å². The molecular formula is C31H39BrNO11V-5. The number of fused-ring (bicyclic) bond motifs is 1. The molecule has 251 valence electrons. The van der Waals surface area contributed by atoms with Crippen LogP contribution in [0.1, 0.15) is 23.0 Å². The number of aliphatic imine (C=N–C) groups is 1. The van der Waals surface area contributed by atoms with Crippen molar-refractivity contribution in [2.75, 3.05) is 35.0 Å². The number of aliphatic hydroxyl groups excluding tert-OH is 3. The normalized spacial score (nSPS) is 22.8. The van der Waals surface area contributed by atoms with Crippen LogP contribution in [0.25, 0.3) is 0 Å². The molecule has 2 saturated heterocycles. The van der Waals surface area contributed by atoms with Crippen molar-refractivity contribution in [2.45, 2.75) is 43.5 Å². The summed E-state index contributed by atoms with van der Waals surface area (Å²) < 4.78 is 24.8. The van der Waals surface area contributed by atoms with Crippen LogP contribution >= 0.6 is 15.9 Å². The van der Waals surface area contributed by atoms with Gasteiger partial charge in [-0.1, -0.05) is 94.5 Å². The summed E-state index contributed by atoms with van der Waals surface area (Å²) in [5.41, 5.74) is 2.13. The van der Waals surface area contributed by atoms with Gasteiger partial charge in [-0.2, -0.15) is 7.11 Å². The van der Waals surface area contributed by atoms with Crippen LogP contribution in [0.5, 0.6) is 5.75 Å². The quantitative estimate of drug-likeness (QED) is 0.304. The summed E-state index contributed by atoms with van der Waals surface area (Å²) in [6, 6.07) is 22.9. The Kier molecular flexibility index (Phi) is 25.9. The number of rotatable bonds is 6. The number of aliphatic hydroxyl groups is 3. The molecule has 0 aromatic heterocycles. The number of halogens is 1. The van der Waals surface area contributed by atoms with Crippen LogP contribution in [-0.4, -0.2) is 87.2 Å². The van der Waals surface area contributed by atoms with Crippen LogP contribution in [0.4, 0.5) is 0 Å². The third-order valence-corrected chi connectivity index (χ3v) is 6.49. The molecule has 6 atom stereocenters. The van der Waals surface area contributed by atoms with E-state index >= 15 is 0 Å². The van der Waals surface area contributed by atoms with Crippen molar-refractivity contribution in [3.63, 3.8) is 0 Å². The summed E-state index contributed by atoms with van der Waals surface area (Å²) in [5.74, 6) is -0.192. The van der Waals surface area contributed by atoms with E-state index in [-0.39, 0.29) is 43.0 Å². The molecule has 12 nitrogen and oxygen atoms in total. The average Bonchev–Trinajstić information content (AvgIpc) is 3.09. The van der Waals surface area contributed by atoms with Gasteiger partial charge in [-0.05, 0) is 23.3 Å². The summed E-state index contributed by atoms with van der Waals surface area (Å²) in [5, 5.41) is 55.2. The molecule has 14 heteroatoms. The van der Waals surface area contributed by atoms with Crippen LogP contribution in [-0.2, 0) is 49.6 Å². The topological polar surface area (TPSA) is 208 Å². The van der Waals surface area contributed by atoms with E-state index in [1.54, 1.807) is 12.1 Å². The summed E-state index contributed by atoms with van der Waals surface area (Å²) >= 11 is 3.37. The molecule has 1 radical (unpaired) electrons. The van der Waals surface area contributed by atoms with E-state index in [0.29, 0.717) is 5.56 Å². The van der Waals surface area contributed by atoms with Crippen LogP contribution < -0.4 is 15.3 Å². The van der Waals surface area contributed by atoms with E-state index in [0.717, 1.165) is 44.0 Å². The Hall–Kier alpha value is -2.21. The van der Waals surface area contributed by atoms with E-state index < -0.39 is 36.9 Å². The molecule has 0 aliphatic carbocycles.